The van der Waals surface area contributed by atoms with E-state index in [9.17, 15) is 0 Å². The Kier molecular flexibility index (Phi) is 2.22. The van der Waals surface area contributed by atoms with E-state index in [1.54, 1.807) is 12.3 Å². The second kappa shape index (κ2) is 3.12. The third-order valence-electron chi connectivity index (χ3n) is 2.64. The van der Waals surface area contributed by atoms with Gasteiger partial charge < -0.3 is 5.73 Å². The van der Waals surface area contributed by atoms with Crippen LogP contribution >= 0.6 is 23.2 Å². The average molecular weight is 217 g/mol. The van der Waals surface area contributed by atoms with Gasteiger partial charge in [0.1, 0.15) is 5.15 Å². The summed E-state index contributed by atoms with van der Waals surface area (Å²) in [7, 11) is 0. The third-order valence-corrected chi connectivity index (χ3v) is 3.16. The monoisotopic (exact) mass is 216 g/mol. The standard InChI is InChI=1S/C9H10Cl2N2/c10-7-3-8(11)13-4-6(7)9(5-12)1-2-9/h3-4H,1-2,5,12H2. The molecular formula is C9H10Cl2N2. The molecule has 1 aromatic rings. The van der Waals surface area contributed by atoms with Gasteiger partial charge in [0.05, 0.1) is 0 Å². The minimum Gasteiger partial charge on any atom is -0.330 e. The molecule has 0 saturated heterocycles. The fourth-order valence-corrected chi connectivity index (χ4v) is 2.10. The molecule has 0 aliphatic heterocycles. The van der Waals surface area contributed by atoms with Crippen LogP contribution in [0.15, 0.2) is 12.3 Å². The number of hydrogen-bond acceptors (Lipinski definition) is 2. The molecule has 13 heavy (non-hydrogen) atoms. The van der Waals surface area contributed by atoms with Crippen LogP contribution in [0.5, 0.6) is 0 Å². The zero-order valence-electron chi connectivity index (χ0n) is 7.06. The molecule has 0 spiro atoms. The van der Waals surface area contributed by atoms with Crippen LogP contribution in [0.4, 0.5) is 0 Å². The predicted molar refractivity (Wildman–Crippen MR) is 54.2 cm³/mol. The Bertz CT molecular complexity index is 334. The number of aromatic nitrogens is 1. The Balaban J connectivity index is 2.41. The van der Waals surface area contributed by atoms with Gasteiger partial charge >= 0.3 is 0 Å². The quantitative estimate of drug-likeness (QED) is 0.772. The second-order valence-corrected chi connectivity index (χ2v) is 4.27. The Morgan fingerprint density at radius 1 is 1.46 bits per heavy atom. The van der Waals surface area contributed by atoms with Gasteiger partial charge in [-0.2, -0.15) is 0 Å². The third kappa shape index (κ3) is 1.54. The fraction of sp³-hybridized carbons (Fsp3) is 0.444. The molecular weight excluding hydrogens is 207 g/mol. The normalized spacial score (nSPS) is 18.7. The van der Waals surface area contributed by atoms with Gasteiger partial charge in [0.15, 0.2) is 0 Å². The molecule has 0 unspecified atom stereocenters. The Morgan fingerprint density at radius 2 is 2.15 bits per heavy atom. The van der Waals surface area contributed by atoms with Crippen molar-refractivity contribution in [3.63, 3.8) is 0 Å². The minimum absolute atomic E-state index is 0.0919. The number of pyridine rings is 1. The highest BCUT2D eigenvalue weighted by atomic mass is 35.5. The number of nitrogens with two attached hydrogens (primary N) is 1. The highest BCUT2D eigenvalue weighted by Gasteiger charge is 2.44. The van der Waals surface area contributed by atoms with Crippen molar-refractivity contribution in [3.05, 3.63) is 28.0 Å². The van der Waals surface area contributed by atoms with Crippen LogP contribution in [-0.4, -0.2) is 11.5 Å². The van der Waals surface area contributed by atoms with Crippen LogP contribution in [0.1, 0.15) is 18.4 Å². The maximum Gasteiger partial charge on any atom is 0.130 e. The van der Waals surface area contributed by atoms with E-state index in [1.807, 2.05) is 0 Å². The van der Waals surface area contributed by atoms with Crippen LogP contribution in [-0.2, 0) is 5.41 Å². The van der Waals surface area contributed by atoms with Crippen LogP contribution in [0.2, 0.25) is 10.2 Å². The van der Waals surface area contributed by atoms with Crippen molar-refractivity contribution in [2.75, 3.05) is 6.54 Å². The van der Waals surface area contributed by atoms with Gasteiger partial charge in [0.25, 0.3) is 0 Å². The largest absolute Gasteiger partial charge is 0.330 e. The first-order valence-corrected chi connectivity index (χ1v) is 4.95. The first kappa shape index (κ1) is 9.25. The molecule has 0 aromatic carbocycles. The molecule has 0 bridgehead atoms. The maximum atomic E-state index is 6.05. The lowest BCUT2D eigenvalue weighted by Gasteiger charge is -2.13. The Labute approximate surface area is 87.1 Å². The van der Waals surface area contributed by atoms with Gasteiger partial charge in [-0.1, -0.05) is 23.2 Å². The SMILES string of the molecule is NCC1(c2cnc(Cl)cc2Cl)CC1. The Hall–Kier alpha value is -0.310. The number of rotatable bonds is 2. The van der Waals surface area contributed by atoms with E-state index in [0.29, 0.717) is 16.7 Å². The van der Waals surface area contributed by atoms with Gasteiger partial charge in [0.2, 0.25) is 0 Å². The first-order valence-electron chi connectivity index (χ1n) is 4.19. The molecule has 0 radical (unpaired) electrons. The van der Waals surface area contributed by atoms with Gasteiger partial charge in [-0.15, -0.1) is 0 Å². The zero-order chi connectivity index (χ0) is 9.47. The molecule has 70 valence electrons. The molecule has 2 rings (SSSR count). The Morgan fingerprint density at radius 3 is 2.62 bits per heavy atom. The van der Waals surface area contributed by atoms with E-state index in [4.69, 9.17) is 28.9 Å². The number of hydrogen-bond donors (Lipinski definition) is 1. The summed E-state index contributed by atoms with van der Waals surface area (Å²) in [5.74, 6) is 0. The molecule has 4 heteroatoms. The summed E-state index contributed by atoms with van der Waals surface area (Å²) in [6.07, 6.45) is 3.95. The van der Waals surface area contributed by atoms with E-state index >= 15 is 0 Å². The highest BCUT2D eigenvalue weighted by molar-refractivity contribution is 6.34. The number of halogens is 2. The lowest BCUT2D eigenvalue weighted by Crippen LogP contribution is -2.20. The van der Waals surface area contributed by atoms with Crippen LogP contribution < -0.4 is 5.73 Å². The highest BCUT2D eigenvalue weighted by Crippen LogP contribution is 2.49. The van der Waals surface area contributed by atoms with Gasteiger partial charge in [-0.3, -0.25) is 0 Å². The first-order chi connectivity index (χ1) is 6.18. The van der Waals surface area contributed by atoms with Crippen molar-refractivity contribution in [2.45, 2.75) is 18.3 Å². The van der Waals surface area contributed by atoms with E-state index in [2.05, 4.69) is 4.98 Å². The maximum absolute atomic E-state index is 6.05. The molecule has 0 amide bonds. The van der Waals surface area contributed by atoms with E-state index in [0.717, 1.165) is 18.4 Å². The summed E-state index contributed by atoms with van der Waals surface area (Å²) >= 11 is 11.8. The molecule has 1 fully saturated rings. The predicted octanol–water partition coefficient (Wildman–Crippen LogP) is 2.38. The average Bonchev–Trinajstić information content (AvgIpc) is 2.85. The van der Waals surface area contributed by atoms with Crippen molar-refractivity contribution in [3.8, 4) is 0 Å². The summed E-state index contributed by atoms with van der Waals surface area (Å²) in [5, 5.41) is 1.12. The van der Waals surface area contributed by atoms with Crippen LogP contribution in [0.3, 0.4) is 0 Å². The lowest BCUT2D eigenvalue weighted by molar-refractivity contribution is 0.701. The molecule has 1 aromatic heterocycles. The van der Waals surface area contributed by atoms with E-state index in [1.165, 1.54) is 0 Å². The van der Waals surface area contributed by atoms with Crippen molar-refractivity contribution in [2.24, 2.45) is 5.73 Å². The van der Waals surface area contributed by atoms with E-state index < -0.39 is 0 Å². The van der Waals surface area contributed by atoms with Gasteiger partial charge in [-0.05, 0) is 24.5 Å². The summed E-state index contributed by atoms with van der Waals surface area (Å²) < 4.78 is 0. The van der Waals surface area contributed by atoms with Crippen LogP contribution in [0, 0.1) is 0 Å². The lowest BCUT2D eigenvalue weighted by atomic mass is 9.98. The molecule has 1 aliphatic rings. The number of nitrogens with zero attached hydrogens (tertiary/aromatic N) is 1. The molecule has 0 atom stereocenters. The van der Waals surface area contributed by atoms with Crippen molar-refractivity contribution >= 4 is 23.2 Å². The summed E-state index contributed by atoms with van der Waals surface area (Å²) in [4.78, 5) is 4.02. The smallest absolute Gasteiger partial charge is 0.130 e. The zero-order valence-corrected chi connectivity index (χ0v) is 8.57. The summed E-state index contributed by atoms with van der Waals surface area (Å²) in [6, 6.07) is 1.67. The van der Waals surface area contributed by atoms with Crippen molar-refractivity contribution in [1.82, 2.24) is 4.98 Å². The minimum atomic E-state index is 0.0919. The van der Waals surface area contributed by atoms with Crippen molar-refractivity contribution < 1.29 is 0 Å². The summed E-state index contributed by atoms with van der Waals surface area (Å²) in [5.41, 5.74) is 6.82. The molecule has 1 heterocycles. The molecule has 2 N–H and O–H groups in total. The fourth-order valence-electron chi connectivity index (χ4n) is 1.53. The molecule has 1 aliphatic carbocycles. The molecule has 2 nitrogen and oxygen atoms in total. The molecule has 1 saturated carbocycles. The van der Waals surface area contributed by atoms with Crippen LogP contribution in [0.25, 0.3) is 0 Å². The van der Waals surface area contributed by atoms with Gasteiger partial charge in [-0.25, -0.2) is 4.98 Å². The van der Waals surface area contributed by atoms with E-state index in [-0.39, 0.29) is 5.41 Å². The summed E-state index contributed by atoms with van der Waals surface area (Å²) in [6.45, 7) is 0.635. The van der Waals surface area contributed by atoms with Gasteiger partial charge in [0, 0.05) is 23.2 Å². The second-order valence-electron chi connectivity index (χ2n) is 3.47. The van der Waals surface area contributed by atoms with Crippen molar-refractivity contribution in [1.29, 1.82) is 0 Å². The topological polar surface area (TPSA) is 38.9 Å².